The molecule has 0 radical (unpaired) electrons. The van der Waals surface area contributed by atoms with E-state index in [1.165, 1.54) is 25.3 Å². The van der Waals surface area contributed by atoms with E-state index in [0.717, 1.165) is 21.6 Å². The topological polar surface area (TPSA) is 120 Å². The van der Waals surface area contributed by atoms with Crippen molar-refractivity contribution >= 4 is 29.1 Å². The van der Waals surface area contributed by atoms with Gasteiger partial charge in [0.1, 0.15) is 18.1 Å². The van der Waals surface area contributed by atoms with Crippen LogP contribution in [0.4, 0.5) is 23.2 Å². The van der Waals surface area contributed by atoms with E-state index in [4.69, 9.17) is 11.6 Å². The van der Waals surface area contributed by atoms with E-state index in [0.29, 0.717) is 6.20 Å². The van der Waals surface area contributed by atoms with Crippen molar-refractivity contribution in [3.05, 3.63) is 81.8 Å². The number of amides is 2. The maximum absolute atomic E-state index is 14.3. The Morgan fingerprint density at radius 2 is 1.80 bits per heavy atom. The molecule has 1 aromatic carbocycles. The number of carbonyl (C=O) groups is 2. The molecule has 10 nitrogen and oxygen atoms in total. The third kappa shape index (κ3) is 6.45. The van der Waals surface area contributed by atoms with Crippen LogP contribution in [-0.2, 0) is 12.7 Å². The van der Waals surface area contributed by atoms with Crippen molar-refractivity contribution in [2.75, 3.05) is 5.32 Å². The van der Waals surface area contributed by atoms with Crippen molar-refractivity contribution in [1.82, 2.24) is 35.1 Å². The van der Waals surface area contributed by atoms with Crippen LogP contribution in [0, 0.1) is 12.7 Å². The molecule has 15 heteroatoms. The van der Waals surface area contributed by atoms with Crippen LogP contribution >= 0.6 is 11.6 Å². The average molecular weight is 579 g/mol. The number of aromatic nitrogens is 6. The van der Waals surface area contributed by atoms with Crippen LogP contribution in [0.3, 0.4) is 0 Å². The summed E-state index contributed by atoms with van der Waals surface area (Å²) in [7, 11) is 0. The largest absolute Gasteiger partial charge is 0.436 e. The van der Waals surface area contributed by atoms with Crippen LogP contribution in [0.1, 0.15) is 58.6 Å². The molecule has 0 unspecified atom stereocenters. The Labute approximate surface area is 230 Å². The molecule has 210 valence electrons. The molecule has 0 fully saturated rings. The number of hydrogen-bond donors (Lipinski definition) is 2. The summed E-state index contributed by atoms with van der Waals surface area (Å²) in [6.45, 7) is 6.45. The highest BCUT2D eigenvalue weighted by Gasteiger charge is 2.34. The molecule has 0 saturated carbocycles. The van der Waals surface area contributed by atoms with Gasteiger partial charge in [-0.15, -0.1) is 5.10 Å². The summed E-state index contributed by atoms with van der Waals surface area (Å²) in [6.07, 6.45) is -2.70. The smallest absolute Gasteiger partial charge is 0.347 e. The number of pyridine rings is 1. The first-order valence-corrected chi connectivity index (χ1v) is 12.1. The van der Waals surface area contributed by atoms with Crippen molar-refractivity contribution in [1.29, 1.82) is 0 Å². The standard InChI is InChI=1S/C25H23ClF4N8O2/c1-13-8-14(27)9-16(22(39)34-24(2,3)4)20(13)33-23(40)18-10-15(12-37-32-11-19(36-37)25(28,29)30)35-38(18)21-17(26)6-5-7-31-21/h5-11H,12H2,1-4H3,(H,33,40)(H,34,39). The highest BCUT2D eigenvalue weighted by atomic mass is 35.5. The Bertz CT molecular complexity index is 1590. The summed E-state index contributed by atoms with van der Waals surface area (Å²) in [5.41, 5.74) is -1.63. The van der Waals surface area contributed by atoms with Crippen molar-refractivity contribution in [3.8, 4) is 5.82 Å². The molecular weight excluding hydrogens is 556 g/mol. The summed E-state index contributed by atoms with van der Waals surface area (Å²) in [5.74, 6) is -2.00. The van der Waals surface area contributed by atoms with Crippen LogP contribution < -0.4 is 10.6 Å². The Hall–Kier alpha value is -4.33. The fourth-order valence-electron chi connectivity index (χ4n) is 3.69. The lowest BCUT2D eigenvalue weighted by atomic mass is 10.0. The zero-order chi connectivity index (χ0) is 29.4. The number of rotatable bonds is 6. The number of anilines is 1. The summed E-state index contributed by atoms with van der Waals surface area (Å²) in [4.78, 5) is 31.4. The zero-order valence-corrected chi connectivity index (χ0v) is 22.4. The van der Waals surface area contributed by atoms with Crippen LogP contribution in [-0.4, -0.2) is 47.1 Å². The summed E-state index contributed by atoms with van der Waals surface area (Å²) >= 11 is 6.28. The van der Waals surface area contributed by atoms with Crippen LogP contribution in [0.5, 0.6) is 0 Å². The van der Waals surface area contributed by atoms with Gasteiger partial charge in [0, 0.05) is 11.7 Å². The minimum Gasteiger partial charge on any atom is -0.347 e. The number of aryl methyl sites for hydroxylation is 1. The van der Waals surface area contributed by atoms with Crippen LogP contribution in [0.2, 0.25) is 5.02 Å². The highest BCUT2D eigenvalue weighted by Crippen LogP contribution is 2.28. The second kappa shape index (κ2) is 10.7. The lowest BCUT2D eigenvalue weighted by Crippen LogP contribution is -2.41. The zero-order valence-electron chi connectivity index (χ0n) is 21.6. The molecule has 0 aliphatic carbocycles. The first-order chi connectivity index (χ1) is 18.6. The molecule has 0 bridgehead atoms. The van der Waals surface area contributed by atoms with Gasteiger partial charge in [-0.25, -0.2) is 14.1 Å². The fourth-order valence-corrected chi connectivity index (χ4v) is 3.89. The number of benzene rings is 1. The van der Waals surface area contributed by atoms with E-state index in [-0.39, 0.29) is 45.6 Å². The van der Waals surface area contributed by atoms with Gasteiger partial charge in [-0.3, -0.25) is 9.59 Å². The number of hydrogen-bond acceptors (Lipinski definition) is 6. The van der Waals surface area contributed by atoms with E-state index in [1.54, 1.807) is 26.8 Å². The van der Waals surface area contributed by atoms with Gasteiger partial charge in [0.25, 0.3) is 11.8 Å². The summed E-state index contributed by atoms with van der Waals surface area (Å²) in [6, 6.07) is 6.53. The molecule has 0 atom stereocenters. The van der Waals surface area contributed by atoms with E-state index in [1.807, 2.05) is 0 Å². The average Bonchev–Trinajstić information content (AvgIpc) is 3.47. The fraction of sp³-hybridized carbons (Fsp3) is 0.280. The highest BCUT2D eigenvalue weighted by molar-refractivity contribution is 6.32. The third-order valence-electron chi connectivity index (χ3n) is 5.33. The molecule has 2 N–H and O–H groups in total. The van der Waals surface area contributed by atoms with E-state index in [9.17, 15) is 27.2 Å². The lowest BCUT2D eigenvalue weighted by Gasteiger charge is -2.22. The molecule has 0 spiro atoms. The summed E-state index contributed by atoms with van der Waals surface area (Å²) < 4.78 is 54.3. The van der Waals surface area contributed by atoms with Crippen molar-refractivity contribution in [2.45, 2.75) is 46.0 Å². The minimum atomic E-state index is -4.69. The molecular formula is C25H23ClF4N8O2. The Balaban J connectivity index is 1.74. The first-order valence-electron chi connectivity index (χ1n) is 11.7. The molecule has 40 heavy (non-hydrogen) atoms. The normalized spacial score (nSPS) is 11.9. The predicted molar refractivity (Wildman–Crippen MR) is 137 cm³/mol. The maximum Gasteiger partial charge on any atom is 0.436 e. The number of carbonyl (C=O) groups excluding carboxylic acids is 2. The van der Waals surface area contributed by atoms with Gasteiger partial charge < -0.3 is 10.6 Å². The van der Waals surface area contributed by atoms with Gasteiger partial charge in [-0.1, -0.05) is 11.6 Å². The van der Waals surface area contributed by atoms with Crippen molar-refractivity contribution in [2.24, 2.45) is 0 Å². The quantitative estimate of drug-likeness (QED) is 0.317. The monoisotopic (exact) mass is 578 g/mol. The van der Waals surface area contributed by atoms with E-state index < -0.39 is 35.0 Å². The molecule has 3 heterocycles. The Kier molecular flexibility index (Phi) is 7.65. The Morgan fingerprint density at radius 3 is 2.42 bits per heavy atom. The first kappa shape index (κ1) is 28.7. The second-order valence-corrected chi connectivity index (χ2v) is 10.2. The Morgan fingerprint density at radius 1 is 1.07 bits per heavy atom. The molecule has 0 saturated heterocycles. The SMILES string of the molecule is Cc1cc(F)cc(C(=O)NC(C)(C)C)c1NC(=O)c1cc(Cn2ncc(C(F)(F)F)n2)nn1-c1ncccc1Cl. The van der Waals surface area contributed by atoms with Gasteiger partial charge in [-0.2, -0.15) is 28.2 Å². The number of nitrogens with one attached hydrogen (secondary N) is 2. The molecule has 0 aliphatic rings. The maximum atomic E-state index is 14.3. The predicted octanol–water partition coefficient (Wildman–Crippen LogP) is 4.81. The molecule has 4 rings (SSSR count). The second-order valence-electron chi connectivity index (χ2n) is 9.80. The molecule has 2 amide bonds. The van der Waals surface area contributed by atoms with Crippen molar-refractivity contribution in [3.63, 3.8) is 0 Å². The molecule has 4 aromatic rings. The van der Waals surface area contributed by atoms with E-state index >= 15 is 0 Å². The number of alkyl halides is 3. The third-order valence-corrected chi connectivity index (χ3v) is 5.63. The molecule has 3 aromatic heterocycles. The van der Waals surface area contributed by atoms with Crippen LogP contribution in [0.15, 0.2) is 42.7 Å². The van der Waals surface area contributed by atoms with Gasteiger partial charge in [0.05, 0.1) is 28.2 Å². The van der Waals surface area contributed by atoms with Gasteiger partial charge in [0.2, 0.25) is 0 Å². The van der Waals surface area contributed by atoms with Crippen molar-refractivity contribution < 1.29 is 27.2 Å². The van der Waals surface area contributed by atoms with E-state index in [2.05, 4.69) is 30.9 Å². The van der Waals surface area contributed by atoms with Gasteiger partial charge in [0.15, 0.2) is 11.5 Å². The van der Waals surface area contributed by atoms with Crippen LogP contribution in [0.25, 0.3) is 5.82 Å². The molecule has 0 aliphatic heterocycles. The van der Waals surface area contributed by atoms with Gasteiger partial charge >= 0.3 is 6.18 Å². The number of nitrogens with zero attached hydrogens (tertiary/aromatic N) is 6. The number of halogens is 5. The minimum absolute atomic E-state index is 0.0538. The lowest BCUT2D eigenvalue weighted by molar-refractivity contribution is -0.141. The summed E-state index contributed by atoms with van der Waals surface area (Å²) in [5, 5.41) is 16.8. The van der Waals surface area contributed by atoms with Gasteiger partial charge in [-0.05, 0) is 63.6 Å².